The third-order valence-electron chi connectivity index (χ3n) is 1.96. The molecule has 0 aliphatic heterocycles. The van der Waals surface area contributed by atoms with E-state index in [0.717, 1.165) is 5.56 Å². The van der Waals surface area contributed by atoms with Crippen LogP contribution in [-0.4, -0.2) is 46.3 Å². The summed E-state index contributed by atoms with van der Waals surface area (Å²) >= 11 is 0. The van der Waals surface area contributed by atoms with Crippen molar-refractivity contribution in [1.29, 1.82) is 0 Å². The molecule has 0 aliphatic carbocycles. The fraction of sp³-hybridized carbons (Fsp3) is 0.333. The van der Waals surface area contributed by atoms with Crippen molar-refractivity contribution in [2.45, 2.75) is 18.6 Å². The van der Waals surface area contributed by atoms with Gasteiger partial charge in [-0.3, -0.25) is 4.79 Å². The fourth-order valence-corrected chi connectivity index (χ4v) is 0.998. The average molecular weight is 255 g/mol. The number of aliphatic hydroxyl groups excluding tert-OH is 2. The highest BCUT2D eigenvalue weighted by molar-refractivity contribution is 5.73. The maximum Gasteiger partial charge on any atom is 0.320 e. The number of aldehydes is 1. The fourth-order valence-electron chi connectivity index (χ4n) is 0.998. The van der Waals surface area contributed by atoms with Gasteiger partial charge in [0, 0.05) is 0 Å². The van der Waals surface area contributed by atoms with E-state index in [-0.39, 0.29) is 6.29 Å². The van der Waals surface area contributed by atoms with E-state index in [1.54, 1.807) is 0 Å². The molecule has 0 saturated carbocycles. The third-order valence-corrected chi connectivity index (χ3v) is 1.96. The lowest BCUT2D eigenvalue weighted by atomic mass is 10.1. The van der Waals surface area contributed by atoms with Crippen LogP contribution in [0.4, 0.5) is 0 Å². The molecule has 0 saturated heterocycles. The van der Waals surface area contributed by atoms with Gasteiger partial charge < -0.3 is 25.8 Å². The summed E-state index contributed by atoms with van der Waals surface area (Å²) < 4.78 is 0. The van der Waals surface area contributed by atoms with Crippen LogP contribution in [0.2, 0.25) is 0 Å². The Bertz CT molecular complexity index is 355. The summed E-state index contributed by atoms with van der Waals surface area (Å²) in [5.41, 5.74) is 6.30. The normalized spacial score (nSPS) is 12.8. The van der Waals surface area contributed by atoms with Gasteiger partial charge in [-0.2, -0.15) is 0 Å². The third kappa shape index (κ3) is 7.50. The zero-order valence-electron chi connectivity index (χ0n) is 9.77. The van der Waals surface area contributed by atoms with Gasteiger partial charge in [0.25, 0.3) is 0 Å². The first-order chi connectivity index (χ1) is 8.51. The van der Waals surface area contributed by atoms with E-state index in [4.69, 9.17) is 21.1 Å². The van der Waals surface area contributed by atoms with Crippen LogP contribution in [0.15, 0.2) is 30.3 Å². The first-order valence-corrected chi connectivity index (χ1v) is 5.27. The molecule has 0 amide bonds. The second-order valence-corrected chi connectivity index (χ2v) is 3.52. The number of hydrogen-bond acceptors (Lipinski definition) is 5. The number of carboxylic acid groups (broad SMARTS) is 1. The molecule has 1 aromatic carbocycles. The lowest BCUT2D eigenvalue weighted by molar-refractivity contribution is -0.138. The Morgan fingerprint density at radius 2 is 1.89 bits per heavy atom. The Labute approximate surface area is 105 Å². The Balaban J connectivity index is 0.000000411. The number of aliphatic carboxylic acids is 1. The number of aliphatic hydroxyl groups is 2. The average Bonchev–Trinajstić information content (AvgIpc) is 2.39. The quantitative estimate of drug-likeness (QED) is 0.510. The minimum atomic E-state index is -1.19. The van der Waals surface area contributed by atoms with Gasteiger partial charge in [0.05, 0.1) is 6.61 Å². The van der Waals surface area contributed by atoms with Crippen LogP contribution >= 0.6 is 0 Å². The van der Waals surface area contributed by atoms with Crippen molar-refractivity contribution in [3.63, 3.8) is 0 Å². The lowest BCUT2D eigenvalue weighted by Gasteiger charge is -2.04. The zero-order chi connectivity index (χ0) is 14.0. The molecule has 2 atom stereocenters. The molecule has 0 radical (unpaired) electrons. The van der Waals surface area contributed by atoms with Crippen molar-refractivity contribution in [2.24, 2.45) is 5.73 Å². The highest BCUT2D eigenvalue weighted by Crippen LogP contribution is 2.01. The SMILES string of the molecule is NC(Cc1ccccc1)C(=O)O.O=CC(O)CO. The van der Waals surface area contributed by atoms with Crippen molar-refractivity contribution in [3.05, 3.63) is 35.9 Å². The molecule has 18 heavy (non-hydrogen) atoms. The topological polar surface area (TPSA) is 121 Å². The summed E-state index contributed by atoms with van der Waals surface area (Å²) in [4.78, 5) is 19.7. The molecular weight excluding hydrogens is 238 g/mol. The summed E-state index contributed by atoms with van der Waals surface area (Å²) in [5.74, 6) is -0.959. The highest BCUT2D eigenvalue weighted by Gasteiger charge is 2.10. The second kappa shape index (κ2) is 9.29. The first-order valence-electron chi connectivity index (χ1n) is 5.27. The molecule has 0 aromatic heterocycles. The molecule has 1 aromatic rings. The second-order valence-electron chi connectivity index (χ2n) is 3.52. The molecule has 0 aliphatic rings. The van der Waals surface area contributed by atoms with E-state index in [1.165, 1.54) is 0 Å². The maximum atomic E-state index is 10.4. The number of hydrogen-bond donors (Lipinski definition) is 4. The van der Waals surface area contributed by atoms with Crippen LogP contribution < -0.4 is 5.73 Å². The van der Waals surface area contributed by atoms with E-state index in [9.17, 15) is 9.59 Å². The van der Waals surface area contributed by atoms with Crippen LogP contribution in [0.25, 0.3) is 0 Å². The number of benzene rings is 1. The van der Waals surface area contributed by atoms with E-state index in [0.29, 0.717) is 6.42 Å². The van der Waals surface area contributed by atoms with Crippen molar-refractivity contribution < 1.29 is 24.9 Å². The van der Waals surface area contributed by atoms with E-state index in [1.807, 2.05) is 30.3 Å². The number of carbonyl (C=O) groups is 2. The summed E-state index contributed by atoms with van der Waals surface area (Å²) in [6.07, 6.45) is -0.527. The lowest BCUT2D eigenvalue weighted by Crippen LogP contribution is -2.32. The van der Waals surface area contributed by atoms with E-state index >= 15 is 0 Å². The predicted molar refractivity (Wildman–Crippen MR) is 64.9 cm³/mol. The van der Waals surface area contributed by atoms with Crippen LogP contribution in [0.3, 0.4) is 0 Å². The minimum absolute atomic E-state index is 0.278. The largest absolute Gasteiger partial charge is 0.480 e. The first kappa shape index (κ1) is 16.2. The maximum absolute atomic E-state index is 10.4. The monoisotopic (exact) mass is 255 g/mol. The van der Waals surface area contributed by atoms with Gasteiger partial charge in [0.1, 0.15) is 12.1 Å². The summed E-state index contributed by atoms with van der Waals surface area (Å²) in [7, 11) is 0. The Morgan fingerprint density at radius 3 is 2.22 bits per heavy atom. The molecule has 0 bridgehead atoms. The zero-order valence-corrected chi connectivity index (χ0v) is 9.77. The summed E-state index contributed by atoms with van der Waals surface area (Å²) in [5, 5.41) is 24.4. The van der Waals surface area contributed by atoms with Crippen LogP contribution in [0.5, 0.6) is 0 Å². The highest BCUT2D eigenvalue weighted by atomic mass is 16.4. The number of nitrogens with two attached hydrogens (primary N) is 1. The molecule has 0 fully saturated rings. The smallest absolute Gasteiger partial charge is 0.320 e. The van der Waals surface area contributed by atoms with Crippen molar-refractivity contribution >= 4 is 12.3 Å². The Hall–Kier alpha value is -1.76. The molecule has 6 nitrogen and oxygen atoms in total. The van der Waals surface area contributed by atoms with Gasteiger partial charge in [-0.15, -0.1) is 0 Å². The van der Waals surface area contributed by atoms with Gasteiger partial charge in [0.15, 0.2) is 6.29 Å². The van der Waals surface area contributed by atoms with Crippen LogP contribution in [0, 0.1) is 0 Å². The minimum Gasteiger partial charge on any atom is -0.480 e. The molecule has 0 heterocycles. The molecule has 0 spiro atoms. The Morgan fingerprint density at radius 1 is 1.33 bits per heavy atom. The standard InChI is InChI=1S/C9H11NO2.C3H6O3/c10-8(9(11)12)6-7-4-2-1-3-5-7;4-1-3(6)2-5/h1-5,8H,6,10H2,(H,11,12);1,3,5-6H,2H2. The molecule has 6 heteroatoms. The summed E-state index contributed by atoms with van der Waals surface area (Å²) in [6.45, 7) is -0.483. The number of carbonyl (C=O) groups excluding carboxylic acids is 1. The van der Waals surface area contributed by atoms with Crippen molar-refractivity contribution in [2.75, 3.05) is 6.61 Å². The van der Waals surface area contributed by atoms with Gasteiger partial charge >= 0.3 is 5.97 Å². The van der Waals surface area contributed by atoms with Crippen molar-refractivity contribution in [1.82, 2.24) is 0 Å². The molecular formula is C12H17NO5. The molecule has 100 valence electrons. The molecule has 5 N–H and O–H groups in total. The van der Waals surface area contributed by atoms with Crippen LogP contribution in [-0.2, 0) is 16.0 Å². The molecule has 2 unspecified atom stereocenters. The predicted octanol–water partition coefficient (Wildman–Crippen LogP) is -0.821. The van der Waals surface area contributed by atoms with Gasteiger partial charge in [-0.1, -0.05) is 30.3 Å². The van der Waals surface area contributed by atoms with E-state index in [2.05, 4.69) is 0 Å². The summed E-state index contributed by atoms with van der Waals surface area (Å²) in [6, 6.07) is 8.54. The van der Waals surface area contributed by atoms with Crippen LogP contribution in [0.1, 0.15) is 5.56 Å². The number of rotatable bonds is 5. The number of carboxylic acids is 1. The Kier molecular flexibility index (Phi) is 8.38. The van der Waals surface area contributed by atoms with Gasteiger partial charge in [-0.05, 0) is 12.0 Å². The van der Waals surface area contributed by atoms with Gasteiger partial charge in [0.2, 0.25) is 0 Å². The van der Waals surface area contributed by atoms with E-state index < -0.39 is 24.7 Å². The van der Waals surface area contributed by atoms with Crippen molar-refractivity contribution in [3.8, 4) is 0 Å². The molecule has 1 rings (SSSR count). The van der Waals surface area contributed by atoms with Gasteiger partial charge in [-0.25, -0.2) is 0 Å².